The average molecular weight is 244 g/mol. The Hall–Kier alpha value is -1.35. The van der Waals surface area contributed by atoms with Crippen molar-refractivity contribution in [3.63, 3.8) is 0 Å². The lowest BCUT2D eigenvalue weighted by molar-refractivity contribution is 0.278. The molecule has 0 radical (unpaired) electrons. The van der Waals surface area contributed by atoms with E-state index < -0.39 is 0 Å². The number of aromatic nitrogens is 1. The van der Waals surface area contributed by atoms with Gasteiger partial charge in [0, 0.05) is 0 Å². The molecule has 1 fully saturated rings. The molecular formula is C15H20N2O. The second kappa shape index (κ2) is 4.73. The molecule has 3 heteroatoms. The standard InChI is InChI=1S/C15H20N2O/c1-10-7-8-13-12(9-10)17-15(18-13)14(16)11-5-3-2-4-6-11/h7-9,11,14H,2-6,16H2,1H3. The van der Waals surface area contributed by atoms with Crippen LogP contribution in [0.1, 0.15) is 49.6 Å². The van der Waals surface area contributed by atoms with Gasteiger partial charge in [0.15, 0.2) is 5.58 Å². The molecule has 1 saturated carbocycles. The summed E-state index contributed by atoms with van der Waals surface area (Å²) in [6.07, 6.45) is 6.34. The van der Waals surface area contributed by atoms with E-state index in [9.17, 15) is 0 Å². The fourth-order valence-corrected chi connectivity index (χ4v) is 2.89. The number of nitrogens with two attached hydrogens (primary N) is 1. The molecule has 1 aromatic heterocycles. The zero-order valence-corrected chi connectivity index (χ0v) is 10.9. The lowest BCUT2D eigenvalue weighted by atomic mass is 9.84. The minimum Gasteiger partial charge on any atom is -0.439 e. The summed E-state index contributed by atoms with van der Waals surface area (Å²) in [5.74, 6) is 1.25. The van der Waals surface area contributed by atoms with Crippen molar-refractivity contribution in [1.82, 2.24) is 4.98 Å². The second-order valence-electron chi connectivity index (χ2n) is 5.45. The maximum atomic E-state index is 6.32. The average Bonchev–Trinajstić information content (AvgIpc) is 2.81. The first-order valence-electron chi connectivity index (χ1n) is 6.87. The van der Waals surface area contributed by atoms with Crippen LogP contribution >= 0.6 is 0 Å². The largest absolute Gasteiger partial charge is 0.439 e. The van der Waals surface area contributed by atoms with Gasteiger partial charge in [-0.15, -0.1) is 0 Å². The Bertz CT molecular complexity index is 540. The molecule has 96 valence electrons. The molecule has 1 unspecified atom stereocenters. The molecule has 2 aromatic rings. The SMILES string of the molecule is Cc1ccc2oc(C(N)C3CCCCC3)nc2c1. The van der Waals surface area contributed by atoms with Crippen molar-refractivity contribution in [3.05, 3.63) is 29.7 Å². The Kier molecular flexibility index (Phi) is 3.08. The molecule has 0 spiro atoms. The van der Waals surface area contributed by atoms with E-state index in [1.807, 2.05) is 12.1 Å². The first-order valence-corrected chi connectivity index (χ1v) is 6.87. The van der Waals surface area contributed by atoms with E-state index in [4.69, 9.17) is 10.2 Å². The maximum Gasteiger partial charge on any atom is 0.212 e. The predicted octanol–water partition coefficient (Wildman–Crippen LogP) is 3.72. The molecule has 1 heterocycles. The summed E-state index contributed by atoms with van der Waals surface area (Å²) in [4.78, 5) is 4.56. The Balaban J connectivity index is 1.88. The fraction of sp³-hybridized carbons (Fsp3) is 0.533. The first-order chi connectivity index (χ1) is 8.74. The van der Waals surface area contributed by atoms with Crippen LogP contribution in [0.15, 0.2) is 22.6 Å². The smallest absolute Gasteiger partial charge is 0.212 e. The highest BCUT2D eigenvalue weighted by Gasteiger charge is 2.25. The number of hydrogen-bond acceptors (Lipinski definition) is 3. The van der Waals surface area contributed by atoms with Gasteiger partial charge < -0.3 is 10.2 Å². The number of aryl methyl sites for hydroxylation is 1. The van der Waals surface area contributed by atoms with Gasteiger partial charge in [-0.25, -0.2) is 4.98 Å². The normalized spacial score (nSPS) is 19.2. The van der Waals surface area contributed by atoms with E-state index in [-0.39, 0.29) is 6.04 Å². The number of hydrogen-bond donors (Lipinski definition) is 1. The molecule has 18 heavy (non-hydrogen) atoms. The van der Waals surface area contributed by atoms with Crippen molar-refractivity contribution in [2.75, 3.05) is 0 Å². The monoisotopic (exact) mass is 244 g/mol. The van der Waals surface area contributed by atoms with Gasteiger partial charge in [0.25, 0.3) is 0 Å². The predicted molar refractivity (Wildman–Crippen MR) is 72.2 cm³/mol. The molecule has 0 bridgehead atoms. The van der Waals surface area contributed by atoms with Crippen LogP contribution < -0.4 is 5.73 Å². The highest BCUT2D eigenvalue weighted by Crippen LogP contribution is 2.33. The number of nitrogens with zero attached hydrogens (tertiary/aromatic N) is 1. The molecule has 3 nitrogen and oxygen atoms in total. The van der Waals surface area contributed by atoms with E-state index in [0.29, 0.717) is 11.8 Å². The summed E-state index contributed by atoms with van der Waals surface area (Å²) in [7, 11) is 0. The van der Waals surface area contributed by atoms with Crippen molar-refractivity contribution in [2.24, 2.45) is 11.7 Å². The molecular weight excluding hydrogens is 224 g/mol. The van der Waals surface area contributed by atoms with Crippen LogP contribution in [-0.2, 0) is 0 Å². The van der Waals surface area contributed by atoms with E-state index >= 15 is 0 Å². The van der Waals surface area contributed by atoms with Gasteiger partial charge in [-0.3, -0.25) is 0 Å². The van der Waals surface area contributed by atoms with Gasteiger partial charge >= 0.3 is 0 Å². The first kappa shape index (κ1) is 11.7. The Morgan fingerprint density at radius 2 is 2.06 bits per heavy atom. The van der Waals surface area contributed by atoms with Crippen LogP contribution in [0, 0.1) is 12.8 Å². The van der Waals surface area contributed by atoms with Gasteiger partial charge in [-0.05, 0) is 43.4 Å². The van der Waals surface area contributed by atoms with Gasteiger partial charge in [0.1, 0.15) is 5.52 Å². The number of benzene rings is 1. The molecule has 1 aromatic carbocycles. The van der Waals surface area contributed by atoms with Crippen LogP contribution in [0.25, 0.3) is 11.1 Å². The summed E-state index contributed by atoms with van der Waals surface area (Å²) in [6, 6.07) is 6.03. The van der Waals surface area contributed by atoms with Crippen molar-refractivity contribution in [3.8, 4) is 0 Å². The van der Waals surface area contributed by atoms with Gasteiger partial charge in [0.05, 0.1) is 6.04 Å². The summed E-state index contributed by atoms with van der Waals surface area (Å²) >= 11 is 0. The fourth-order valence-electron chi connectivity index (χ4n) is 2.89. The Labute approximate surface area is 107 Å². The highest BCUT2D eigenvalue weighted by molar-refractivity contribution is 5.73. The number of oxazole rings is 1. The summed E-state index contributed by atoms with van der Waals surface area (Å²) in [5.41, 5.74) is 9.29. The van der Waals surface area contributed by atoms with Crippen molar-refractivity contribution < 1.29 is 4.42 Å². The zero-order chi connectivity index (χ0) is 12.5. The Morgan fingerprint density at radius 3 is 2.83 bits per heavy atom. The van der Waals surface area contributed by atoms with E-state index in [0.717, 1.165) is 11.1 Å². The van der Waals surface area contributed by atoms with Crippen LogP contribution in [0.3, 0.4) is 0 Å². The van der Waals surface area contributed by atoms with Crippen LogP contribution in [0.5, 0.6) is 0 Å². The molecule has 0 saturated heterocycles. The molecule has 0 aliphatic heterocycles. The second-order valence-corrected chi connectivity index (χ2v) is 5.45. The van der Waals surface area contributed by atoms with Gasteiger partial charge in [-0.2, -0.15) is 0 Å². The summed E-state index contributed by atoms with van der Waals surface area (Å²) in [5, 5.41) is 0. The topological polar surface area (TPSA) is 52.0 Å². The van der Waals surface area contributed by atoms with Crippen LogP contribution in [-0.4, -0.2) is 4.98 Å². The summed E-state index contributed by atoms with van der Waals surface area (Å²) < 4.78 is 5.80. The van der Waals surface area contributed by atoms with Crippen LogP contribution in [0.2, 0.25) is 0 Å². The van der Waals surface area contributed by atoms with E-state index in [1.165, 1.54) is 37.7 Å². The van der Waals surface area contributed by atoms with Gasteiger partial charge in [-0.1, -0.05) is 25.3 Å². The quantitative estimate of drug-likeness (QED) is 0.876. The zero-order valence-electron chi connectivity index (χ0n) is 10.9. The highest BCUT2D eigenvalue weighted by atomic mass is 16.3. The van der Waals surface area contributed by atoms with Crippen molar-refractivity contribution in [2.45, 2.75) is 45.1 Å². The minimum absolute atomic E-state index is 0.0435. The molecule has 0 amide bonds. The van der Waals surface area contributed by atoms with E-state index in [1.54, 1.807) is 0 Å². The van der Waals surface area contributed by atoms with Crippen molar-refractivity contribution in [1.29, 1.82) is 0 Å². The Morgan fingerprint density at radius 1 is 1.28 bits per heavy atom. The maximum absolute atomic E-state index is 6.32. The molecule has 3 rings (SSSR count). The molecule has 1 aliphatic rings. The molecule has 2 N–H and O–H groups in total. The van der Waals surface area contributed by atoms with E-state index in [2.05, 4.69) is 18.0 Å². The third kappa shape index (κ3) is 2.15. The number of rotatable bonds is 2. The lowest BCUT2D eigenvalue weighted by Crippen LogP contribution is -2.23. The summed E-state index contributed by atoms with van der Waals surface area (Å²) in [6.45, 7) is 2.06. The molecule has 1 aliphatic carbocycles. The third-order valence-electron chi connectivity index (χ3n) is 4.00. The molecule has 1 atom stereocenters. The number of fused-ring (bicyclic) bond motifs is 1. The minimum atomic E-state index is -0.0435. The van der Waals surface area contributed by atoms with Gasteiger partial charge in [0.2, 0.25) is 5.89 Å². The van der Waals surface area contributed by atoms with Crippen LogP contribution in [0.4, 0.5) is 0 Å². The lowest BCUT2D eigenvalue weighted by Gasteiger charge is -2.25. The third-order valence-corrected chi connectivity index (χ3v) is 4.00. The van der Waals surface area contributed by atoms with Crippen molar-refractivity contribution >= 4 is 11.1 Å².